The Balaban J connectivity index is 1.94. The smallest absolute Gasteiger partial charge is 0.255 e. The van der Waals surface area contributed by atoms with Crippen LogP contribution in [0.5, 0.6) is 0 Å². The fraction of sp³-hybridized carbons (Fsp3) is 0.250. The number of aryl methyl sites for hydroxylation is 1. The first-order chi connectivity index (χ1) is 9.13. The third-order valence-corrected chi connectivity index (χ3v) is 4.15. The van der Waals surface area contributed by atoms with Crippen molar-refractivity contribution in [1.82, 2.24) is 19.6 Å². The van der Waals surface area contributed by atoms with Crippen LogP contribution in [0.25, 0.3) is 5.78 Å². The number of anilines is 1. The van der Waals surface area contributed by atoms with E-state index in [1.165, 1.54) is 16.1 Å². The zero-order chi connectivity index (χ0) is 13.4. The summed E-state index contributed by atoms with van der Waals surface area (Å²) in [5.41, 5.74) is 0. The second-order valence-corrected chi connectivity index (χ2v) is 5.96. The van der Waals surface area contributed by atoms with Gasteiger partial charge in [0.05, 0.1) is 6.04 Å². The number of thiophene rings is 1. The van der Waals surface area contributed by atoms with Crippen LogP contribution in [0.15, 0.2) is 24.5 Å². The number of hydrogen-bond acceptors (Lipinski definition) is 5. The molecule has 0 saturated heterocycles. The minimum absolute atomic E-state index is 0.171. The quantitative estimate of drug-likeness (QED) is 0.753. The van der Waals surface area contributed by atoms with Crippen molar-refractivity contribution in [2.24, 2.45) is 0 Å². The van der Waals surface area contributed by atoms with Gasteiger partial charge in [-0.2, -0.15) is 19.6 Å². The SMILES string of the molecule is Cc1ccc(C(C)Nc2cc(Cl)nc3ncnn23)s1. The van der Waals surface area contributed by atoms with Gasteiger partial charge in [0.15, 0.2) is 0 Å². The van der Waals surface area contributed by atoms with E-state index in [0.717, 1.165) is 5.82 Å². The van der Waals surface area contributed by atoms with Gasteiger partial charge in [0.2, 0.25) is 0 Å². The Morgan fingerprint density at radius 1 is 1.42 bits per heavy atom. The molecule has 1 atom stereocenters. The summed E-state index contributed by atoms with van der Waals surface area (Å²) in [5.74, 6) is 1.27. The van der Waals surface area contributed by atoms with Crippen LogP contribution in [0.3, 0.4) is 0 Å². The lowest BCUT2D eigenvalue weighted by molar-refractivity contribution is 0.854. The normalized spacial score (nSPS) is 12.8. The number of fused-ring (bicyclic) bond motifs is 1. The molecule has 0 saturated carbocycles. The molecule has 98 valence electrons. The highest BCUT2D eigenvalue weighted by Gasteiger charge is 2.12. The zero-order valence-electron chi connectivity index (χ0n) is 10.5. The summed E-state index contributed by atoms with van der Waals surface area (Å²) in [6.07, 6.45) is 1.46. The maximum atomic E-state index is 5.98. The van der Waals surface area contributed by atoms with E-state index in [2.05, 4.69) is 46.4 Å². The highest BCUT2D eigenvalue weighted by atomic mass is 35.5. The van der Waals surface area contributed by atoms with E-state index in [1.807, 2.05) is 0 Å². The van der Waals surface area contributed by atoms with E-state index in [4.69, 9.17) is 11.6 Å². The molecule has 0 fully saturated rings. The average Bonchev–Trinajstić information content (AvgIpc) is 2.97. The van der Waals surface area contributed by atoms with E-state index < -0.39 is 0 Å². The summed E-state index contributed by atoms with van der Waals surface area (Å²) >= 11 is 7.76. The van der Waals surface area contributed by atoms with Crippen molar-refractivity contribution in [3.05, 3.63) is 39.4 Å². The van der Waals surface area contributed by atoms with Crippen molar-refractivity contribution in [2.75, 3.05) is 5.32 Å². The topological polar surface area (TPSA) is 55.1 Å². The Labute approximate surface area is 119 Å². The van der Waals surface area contributed by atoms with Crippen LogP contribution in [-0.2, 0) is 0 Å². The Kier molecular flexibility index (Phi) is 3.12. The van der Waals surface area contributed by atoms with Crippen LogP contribution < -0.4 is 5.32 Å². The van der Waals surface area contributed by atoms with Gasteiger partial charge in [0, 0.05) is 15.8 Å². The zero-order valence-corrected chi connectivity index (χ0v) is 12.0. The number of rotatable bonds is 3. The lowest BCUT2D eigenvalue weighted by Crippen LogP contribution is -2.09. The van der Waals surface area contributed by atoms with Gasteiger partial charge in [-0.3, -0.25) is 0 Å². The first-order valence-corrected chi connectivity index (χ1v) is 7.02. The van der Waals surface area contributed by atoms with Crippen LogP contribution in [0.1, 0.15) is 22.7 Å². The van der Waals surface area contributed by atoms with E-state index >= 15 is 0 Å². The molecule has 3 aromatic heterocycles. The molecule has 3 heterocycles. The molecule has 1 N–H and O–H groups in total. The summed E-state index contributed by atoms with van der Waals surface area (Å²) in [4.78, 5) is 10.7. The minimum Gasteiger partial charge on any atom is -0.362 e. The molecule has 0 spiro atoms. The fourth-order valence-corrected chi connectivity index (χ4v) is 2.92. The molecule has 3 aromatic rings. The first-order valence-electron chi connectivity index (χ1n) is 5.82. The third kappa shape index (κ3) is 2.41. The lowest BCUT2D eigenvalue weighted by Gasteiger charge is -2.14. The van der Waals surface area contributed by atoms with Crippen LogP contribution in [0, 0.1) is 6.92 Å². The molecule has 0 aliphatic heterocycles. The molecule has 0 aromatic carbocycles. The number of nitrogens with one attached hydrogen (secondary N) is 1. The van der Waals surface area contributed by atoms with Crippen molar-refractivity contribution in [3.63, 3.8) is 0 Å². The van der Waals surface area contributed by atoms with Gasteiger partial charge in [0.25, 0.3) is 5.78 Å². The molecule has 7 heteroatoms. The second kappa shape index (κ2) is 4.79. The van der Waals surface area contributed by atoms with Crippen LogP contribution >= 0.6 is 22.9 Å². The predicted molar refractivity (Wildman–Crippen MR) is 76.9 cm³/mol. The van der Waals surface area contributed by atoms with Gasteiger partial charge in [0.1, 0.15) is 17.3 Å². The van der Waals surface area contributed by atoms with Crippen LogP contribution in [-0.4, -0.2) is 19.6 Å². The Bertz CT molecular complexity index is 720. The summed E-state index contributed by atoms with van der Waals surface area (Å²) in [6, 6.07) is 6.16. The molecule has 0 amide bonds. The molecule has 0 aliphatic rings. The molecular formula is C12H12ClN5S. The van der Waals surface area contributed by atoms with Gasteiger partial charge in [-0.15, -0.1) is 11.3 Å². The summed E-state index contributed by atoms with van der Waals surface area (Å²) in [5, 5.41) is 7.93. The number of nitrogens with zero attached hydrogens (tertiary/aromatic N) is 4. The van der Waals surface area contributed by atoms with Crippen LogP contribution in [0.2, 0.25) is 5.15 Å². The average molecular weight is 294 g/mol. The van der Waals surface area contributed by atoms with E-state index in [1.54, 1.807) is 21.9 Å². The Morgan fingerprint density at radius 2 is 2.26 bits per heavy atom. The first kappa shape index (κ1) is 12.4. The molecule has 1 unspecified atom stereocenters. The van der Waals surface area contributed by atoms with Crippen molar-refractivity contribution < 1.29 is 0 Å². The molecule has 0 aliphatic carbocycles. The van der Waals surface area contributed by atoms with E-state index in [-0.39, 0.29) is 6.04 Å². The van der Waals surface area contributed by atoms with E-state index in [0.29, 0.717) is 10.9 Å². The Morgan fingerprint density at radius 3 is 3.00 bits per heavy atom. The minimum atomic E-state index is 0.171. The van der Waals surface area contributed by atoms with Gasteiger partial charge in [-0.25, -0.2) is 0 Å². The van der Waals surface area contributed by atoms with Crippen molar-refractivity contribution >= 4 is 34.5 Å². The number of aromatic nitrogens is 4. The lowest BCUT2D eigenvalue weighted by atomic mass is 10.2. The maximum Gasteiger partial charge on any atom is 0.255 e. The Hall–Kier alpha value is -1.66. The van der Waals surface area contributed by atoms with Crippen molar-refractivity contribution in [1.29, 1.82) is 0 Å². The molecule has 5 nitrogen and oxygen atoms in total. The highest BCUT2D eigenvalue weighted by molar-refractivity contribution is 7.12. The van der Waals surface area contributed by atoms with E-state index in [9.17, 15) is 0 Å². The van der Waals surface area contributed by atoms with Crippen molar-refractivity contribution in [3.8, 4) is 0 Å². The van der Waals surface area contributed by atoms with Crippen molar-refractivity contribution in [2.45, 2.75) is 19.9 Å². The maximum absolute atomic E-state index is 5.98. The number of halogens is 1. The largest absolute Gasteiger partial charge is 0.362 e. The highest BCUT2D eigenvalue weighted by Crippen LogP contribution is 2.26. The summed E-state index contributed by atoms with van der Waals surface area (Å²) in [7, 11) is 0. The third-order valence-electron chi connectivity index (χ3n) is 2.77. The van der Waals surface area contributed by atoms with Crippen LogP contribution in [0.4, 0.5) is 5.82 Å². The second-order valence-electron chi connectivity index (χ2n) is 4.25. The summed E-state index contributed by atoms with van der Waals surface area (Å²) < 4.78 is 1.64. The standard InChI is InChI=1S/C12H12ClN5S/c1-7-3-4-9(19-7)8(2)16-11-5-10(13)17-12-14-6-15-18(11)12/h3-6,8,16H,1-2H3. The summed E-state index contributed by atoms with van der Waals surface area (Å²) in [6.45, 7) is 4.20. The number of hydrogen-bond donors (Lipinski definition) is 1. The molecular weight excluding hydrogens is 282 g/mol. The van der Waals surface area contributed by atoms with Gasteiger partial charge < -0.3 is 5.32 Å². The molecule has 0 radical (unpaired) electrons. The fourth-order valence-electron chi connectivity index (χ4n) is 1.87. The van der Waals surface area contributed by atoms with Gasteiger partial charge >= 0.3 is 0 Å². The molecule has 0 bridgehead atoms. The molecule has 3 rings (SSSR count). The molecule has 19 heavy (non-hydrogen) atoms. The predicted octanol–water partition coefficient (Wildman–Crippen LogP) is 3.32. The van der Waals surface area contributed by atoms with Gasteiger partial charge in [-0.05, 0) is 26.0 Å². The monoisotopic (exact) mass is 293 g/mol. The van der Waals surface area contributed by atoms with Gasteiger partial charge in [-0.1, -0.05) is 11.6 Å².